The molecule has 4 rings (SSSR count). The Morgan fingerprint density at radius 1 is 1.17 bits per heavy atom. The van der Waals surface area contributed by atoms with Gasteiger partial charge < -0.3 is 9.09 Å². The van der Waals surface area contributed by atoms with Gasteiger partial charge in [0.15, 0.2) is 5.82 Å². The molecule has 0 bridgehead atoms. The number of hydrogen-bond donors (Lipinski definition) is 0. The second kappa shape index (κ2) is 6.25. The molecule has 8 heteroatoms. The first-order valence-corrected chi connectivity index (χ1v) is 8.73. The van der Waals surface area contributed by atoms with Crippen LogP contribution in [0.15, 0.2) is 4.52 Å². The number of aryl methyl sites for hydroxylation is 1. The molecule has 0 aromatic carbocycles. The van der Waals surface area contributed by atoms with Gasteiger partial charge in [0, 0.05) is 32.6 Å². The number of likely N-dealkylation sites (N-methyl/N-ethyl adjacent to an activating group) is 1. The maximum absolute atomic E-state index is 5.39. The van der Waals surface area contributed by atoms with Crippen molar-refractivity contribution in [2.45, 2.75) is 44.7 Å². The summed E-state index contributed by atoms with van der Waals surface area (Å²) < 4.78 is 7.58. The lowest BCUT2D eigenvalue weighted by molar-refractivity contribution is 0.0693. The quantitative estimate of drug-likeness (QED) is 0.835. The van der Waals surface area contributed by atoms with E-state index in [0.29, 0.717) is 17.6 Å². The number of rotatable bonds is 4. The van der Waals surface area contributed by atoms with E-state index < -0.39 is 0 Å². The van der Waals surface area contributed by atoms with Crippen LogP contribution in [0.4, 0.5) is 0 Å². The molecule has 1 saturated carbocycles. The van der Waals surface area contributed by atoms with Gasteiger partial charge in [0.1, 0.15) is 17.7 Å². The van der Waals surface area contributed by atoms with Crippen LogP contribution < -0.4 is 0 Å². The highest BCUT2D eigenvalue weighted by Crippen LogP contribution is 2.35. The fraction of sp³-hybridized carbons (Fsp3) is 0.750. The molecule has 2 aromatic heterocycles. The topological polar surface area (TPSA) is 76.1 Å². The van der Waals surface area contributed by atoms with Crippen LogP contribution in [0, 0.1) is 6.92 Å². The van der Waals surface area contributed by atoms with Gasteiger partial charge in [0.2, 0.25) is 5.89 Å². The van der Waals surface area contributed by atoms with Crippen molar-refractivity contribution in [1.82, 2.24) is 34.7 Å². The van der Waals surface area contributed by atoms with Crippen molar-refractivity contribution in [3.63, 3.8) is 0 Å². The van der Waals surface area contributed by atoms with Crippen molar-refractivity contribution in [2.24, 2.45) is 7.05 Å². The normalized spacial score (nSPS) is 23.5. The number of aromatic nitrogens is 5. The number of hydrogen-bond acceptors (Lipinski definition) is 7. The van der Waals surface area contributed by atoms with Crippen LogP contribution in [0.3, 0.4) is 0 Å². The number of nitrogens with zero attached hydrogens (tertiary/aromatic N) is 7. The van der Waals surface area contributed by atoms with Crippen LogP contribution >= 0.6 is 0 Å². The first-order valence-electron chi connectivity index (χ1n) is 8.73. The molecule has 1 aliphatic heterocycles. The lowest BCUT2D eigenvalue weighted by Crippen LogP contribution is -2.46. The van der Waals surface area contributed by atoms with Gasteiger partial charge >= 0.3 is 0 Å². The van der Waals surface area contributed by atoms with Crippen LogP contribution in [-0.2, 0) is 13.6 Å². The Bertz CT molecular complexity index is 705. The van der Waals surface area contributed by atoms with Crippen molar-refractivity contribution < 1.29 is 4.52 Å². The molecule has 1 aliphatic carbocycles. The van der Waals surface area contributed by atoms with E-state index >= 15 is 0 Å². The summed E-state index contributed by atoms with van der Waals surface area (Å²) in [7, 11) is 4.20. The van der Waals surface area contributed by atoms with Crippen LogP contribution in [0.1, 0.15) is 54.6 Å². The molecule has 2 aromatic rings. The molecule has 130 valence electrons. The molecule has 0 N–H and O–H groups in total. The Morgan fingerprint density at radius 2 is 2.00 bits per heavy atom. The second-order valence-corrected chi connectivity index (χ2v) is 7.07. The maximum Gasteiger partial charge on any atom is 0.245 e. The molecule has 2 aliphatic rings. The molecule has 24 heavy (non-hydrogen) atoms. The predicted molar refractivity (Wildman–Crippen MR) is 87.3 cm³/mol. The lowest BCUT2D eigenvalue weighted by atomic mass is 9.85. The molecular formula is C16H25N7O. The highest BCUT2D eigenvalue weighted by atomic mass is 16.5. The Balaban J connectivity index is 1.46. The van der Waals surface area contributed by atoms with Gasteiger partial charge in [-0.2, -0.15) is 4.98 Å². The minimum Gasteiger partial charge on any atom is -0.338 e. The van der Waals surface area contributed by atoms with Crippen molar-refractivity contribution in [3.05, 3.63) is 23.4 Å². The fourth-order valence-electron chi connectivity index (χ4n) is 3.52. The molecule has 2 fully saturated rings. The van der Waals surface area contributed by atoms with Crippen LogP contribution in [-0.4, -0.2) is 61.4 Å². The van der Waals surface area contributed by atoms with Gasteiger partial charge in [-0.1, -0.05) is 11.6 Å². The second-order valence-electron chi connectivity index (χ2n) is 7.07. The van der Waals surface area contributed by atoms with E-state index in [1.807, 2.05) is 6.92 Å². The van der Waals surface area contributed by atoms with Crippen molar-refractivity contribution >= 4 is 0 Å². The van der Waals surface area contributed by atoms with E-state index in [0.717, 1.165) is 37.8 Å². The zero-order valence-corrected chi connectivity index (χ0v) is 14.6. The SMILES string of the molecule is Cc1noc([C@@H]2CN(Cc3nnc(C4CCC4)n3C)CCN2C)n1. The van der Waals surface area contributed by atoms with E-state index in [1.165, 1.54) is 19.3 Å². The van der Waals surface area contributed by atoms with E-state index in [-0.39, 0.29) is 6.04 Å². The summed E-state index contributed by atoms with van der Waals surface area (Å²) in [4.78, 5) is 9.09. The third-order valence-electron chi connectivity index (χ3n) is 5.39. The average molecular weight is 331 g/mol. The summed E-state index contributed by atoms with van der Waals surface area (Å²) >= 11 is 0. The first-order chi connectivity index (χ1) is 11.6. The molecule has 0 unspecified atom stereocenters. The molecule has 3 heterocycles. The summed E-state index contributed by atoms with van der Waals surface area (Å²) in [5, 5.41) is 12.8. The van der Waals surface area contributed by atoms with Gasteiger partial charge in [0.25, 0.3) is 0 Å². The zero-order chi connectivity index (χ0) is 16.7. The standard InChI is InChI=1S/C16H25N7O/c1-11-17-16(24-20-11)13-9-23(8-7-21(13)2)10-14-18-19-15(22(14)3)12-5-4-6-12/h12-13H,4-10H2,1-3H3/t13-/m0/s1. The zero-order valence-electron chi connectivity index (χ0n) is 14.6. The van der Waals surface area contributed by atoms with Gasteiger partial charge in [0.05, 0.1) is 6.54 Å². The fourth-order valence-corrected chi connectivity index (χ4v) is 3.52. The van der Waals surface area contributed by atoms with Crippen molar-refractivity contribution in [3.8, 4) is 0 Å². The first kappa shape index (κ1) is 15.7. The Kier molecular flexibility index (Phi) is 4.09. The largest absolute Gasteiger partial charge is 0.338 e. The predicted octanol–water partition coefficient (Wildman–Crippen LogP) is 1.26. The van der Waals surface area contributed by atoms with Crippen molar-refractivity contribution in [1.29, 1.82) is 0 Å². The summed E-state index contributed by atoms with van der Waals surface area (Å²) in [6.07, 6.45) is 3.81. The molecule has 0 amide bonds. The summed E-state index contributed by atoms with van der Waals surface area (Å²) in [6.45, 7) is 5.51. The number of piperazine rings is 1. The average Bonchev–Trinajstić information content (AvgIpc) is 3.08. The van der Waals surface area contributed by atoms with E-state index in [4.69, 9.17) is 4.52 Å². The Labute approximate surface area is 141 Å². The molecule has 1 saturated heterocycles. The van der Waals surface area contributed by atoms with E-state index in [9.17, 15) is 0 Å². The van der Waals surface area contributed by atoms with E-state index in [2.05, 4.69) is 48.8 Å². The van der Waals surface area contributed by atoms with Gasteiger partial charge in [-0.05, 0) is 26.8 Å². The van der Waals surface area contributed by atoms with Crippen LogP contribution in [0.25, 0.3) is 0 Å². The third kappa shape index (κ3) is 2.84. The highest BCUT2D eigenvalue weighted by molar-refractivity contribution is 5.05. The Hall–Kier alpha value is -1.80. The highest BCUT2D eigenvalue weighted by Gasteiger charge is 2.31. The Morgan fingerprint density at radius 3 is 2.67 bits per heavy atom. The summed E-state index contributed by atoms with van der Waals surface area (Å²) in [6, 6.07) is 0.138. The molecule has 8 nitrogen and oxygen atoms in total. The summed E-state index contributed by atoms with van der Waals surface area (Å²) in [5.41, 5.74) is 0. The monoisotopic (exact) mass is 331 g/mol. The molecule has 1 atom stereocenters. The van der Waals surface area contributed by atoms with Gasteiger partial charge in [-0.25, -0.2) is 0 Å². The minimum absolute atomic E-state index is 0.138. The van der Waals surface area contributed by atoms with Gasteiger partial charge in [-0.15, -0.1) is 10.2 Å². The molecule has 0 spiro atoms. The lowest BCUT2D eigenvalue weighted by Gasteiger charge is -2.37. The minimum atomic E-state index is 0.138. The smallest absolute Gasteiger partial charge is 0.245 e. The summed E-state index contributed by atoms with van der Waals surface area (Å²) in [5.74, 6) is 4.19. The van der Waals surface area contributed by atoms with Crippen LogP contribution in [0.2, 0.25) is 0 Å². The molecule has 0 radical (unpaired) electrons. The van der Waals surface area contributed by atoms with E-state index in [1.54, 1.807) is 0 Å². The van der Waals surface area contributed by atoms with Crippen LogP contribution in [0.5, 0.6) is 0 Å². The third-order valence-corrected chi connectivity index (χ3v) is 5.39. The van der Waals surface area contributed by atoms with Crippen molar-refractivity contribution in [2.75, 3.05) is 26.7 Å². The maximum atomic E-state index is 5.39. The molecular weight excluding hydrogens is 306 g/mol. The van der Waals surface area contributed by atoms with Gasteiger partial charge in [-0.3, -0.25) is 9.80 Å².